The molecule has 216 valence electrons. The Hall–Kier alpha value is -4.70. The lowest BCUT2D eigenvalue weighted by Crippen LogP contribution is -2.33. The zero-order valence-electron chi connectivity index (χ0n) is 23.9. The second-order valence-corrected chi connectivity index (χ2v) is 10.7. The van der Waals surface area contributed by atoms with E-state index in [4.69, 9.17) is 17.0 Å². The summed E-state index contributed by atoms with van der Waals surface area (Å²) in [6.07, 6.45) is 1.95. The summed E-state index contributed by atoms with van der Waals surface area (Å²) in [6.45, 7) is 6.37. The molecular formula is C32H33N5O4S. The minimum absolute atomic E-state index is 0.158. The number of nitrogens with one attached hydrogen (secondary N) is 2. The first-order valence-electron chi connectivity index (χ1n) is 13.6. The van der Waals surface area contributed by atoms with Crippen LogP contribution in [0.3, 0.4) is 0 Å². The second-order valence-electron chi connectivity index (χ2n) is 10.3. The number of methoxy groups -OCH3 is 1. The van der Waals surface area contributed by atoms with Crippen molar-refractivity contribution < 1.29 is 19.4 Å². The number of carbonyl (C=O) groups is 2. The fourth-order valence-corrected chi connectivity index (χ4v) is 5.94. The maximum atomic E-state index is 13.1. The molecule has 3 N–H and O–H groups in total. The molecule has 1 saturated heterocycles. The molecule has 10 heteroatoms. The number of amides is 1. The quantitative estimate of drug-likeness (QED) is 0.222. The van der Waals surface area contributed by atoms with E-state index in [-0.39, 0.29) is 30.0 Å². The molecule has 0 bridgehead atoms. The van der Waals surface area contributed by atoms with Crippen LogP contribution in [0.2, 0.25) is 0 Å². The van der Waals surface area contributed by atoms with E-state index in [9.17, 15) is 14.7 Å². The molecule has 9 nitrogen and oxygen atoms in total. The van der Waals surface area contributed by atoms with Gasteiger partial charge in [-0.05, 0) is 86.6 Å². The van der Waals surface area contributed by atoms with Crippen LogP contribution >= 0.6 is 12.2 Å². The van der Waals surface area contributed by atoms with Crippen LogP contribution < -0.4 is 15.4 Å². The standard InChI is InChI=1S/C32H33N5O4S/c1-19-12-13-22(31(39)40)18-26(19)37-20(2)17-23(21(37)3)30-29(25-10-7-8-15-33-25)35-32(42)36(30)16-14-28(38)34-24-9-5-6-11-27(24)41-4/h5-13,15,17-18,29-30H,14,16H2,1-4H3,(H,34,38)(H,35,42)(H,39,40)/t29-,30-/m1/s1. The smallest absolute Gasteiger partial charge is 0.335 e. The normalized spacial score (nSPS) is 16.3. The van der Waals surface area contributed by atoms with Crippen molar-refractivity contribution in [3.05, 3.63) is 107 Å². The molecular weight excluding hydrogens is 550 g/mol. The summed E-state index contributed by atoms with van der Waals surface area (Å²) in [6, 6.07) is 19.8. The topological polar surface area (TPSA) is 109 Å². The second kappa shape index (κ2) is 12.0. The van der Waals surface area contributed by atoms with Crippen molar-refractivity contribution in [2.24, 2.45) is 0 Å². The fraction of sp³-hybridized carbons (Fsp3) is 0.250. The molecule has 1 fully saturated rings. The van der Waals surface area contributed by atoms with E-state index in [1.807, 2.05) is 62.1 Å². The van der Waals surface area contributed by atoms with Gasteiger partial charge in [-0.25, -0.2) is 4.79 Å². The lowest BCUT2D eigenvalue weighted by molar-refractivity contribution is -0.116. The van der Waals surface area contributed by atoms with Gasteiger partial charge in [-0.1, -0.05) is 24.3 Å². The number of aryl methyl sites for hydroxylation is 2. The van der Waals surface area contributed by atoms with E-state index in [1.165, 1.54) is 0 Å². The predicted octanol–water partition coefficient (Wildman–Crippen LogP) is 5.51. The van der Waals surface area contributed by atoms with Gasteiger partial charge in [0.25, 0.3) is 0 Å². The third-order valence-electron chi connectivity index (χ3n) is 7.64. The Balaban J connectivity index is 1.50. The van der Waals surface area contributed by atoms with Gasteiger partial charge in [0.15, 0.2) is 5.11 Å². The fourth-order valence-electron chi connectivity index (χ4n) is 5.61. The lowest BCUT2D eigenvalue weighted by atomic mass is 9.96. The Morgan fingerprint density at radius 2 is 1.83 bits per heavy atom. The zero-order valence-corrected chi connectivity index (χ0v) is 24.7. The van der Waals surface area contributed by atoms with E-state index >= 15 is 0 Å². The summed E-state index contributed by atoms with van der Waals surface area (Å²) in [5, 5.41) is 16.6. The van der Waals surface area contributed by atoms with Crippen LogP contribution in [0.4, 0.5) is 5.69 Å². The minimum Gasteiger partial charge on any atom is -0.495 e. The Bertz CT molecular complexity index is 1650. The maximum Gasteiger partial charge on any atom is 0.335 e. The molecule has 42 heavy (non-hydrogen) atoms. The van der Waals surface area contributed by atoms with Gasteiger partial charge < -0.3 is 29.9 Å². The Morgan fingerprint density at radius 3 is 2.55 bits per heavy atom. The number of benzene rings is 2. The molecule has 2 aromatic heterocycles. The molecule has 1 amide bonds. The van der Waals surface area contributed by atoms with Gasteiger partial charge in [0.1, 0.15) is 5.75 Å². The molecule has 3 heterocycles. The number of aromatic nitrogens is 2. The number of hydrogen-bond donors (Lipinski definition) is 3. The number of hydrogen-bond acceptors (Lipinski definition) is 5. The number of carbonyl (C=O) groups excluding carboxylic acids is 1. The number of carboxylic acid groups (broad SMARTS) is 1. The van der Waals surface area contributed by atoms with Crippen LogP contribution in [0.1, 0.15) is 57.1 Å². The molecule has 2 atom stereocenters. The molecule has 0 aliphatic carbocycles. The van der Waals surface area contributed by atoms with E-state index < -0.39 is 5.97 Å². The number of para-hydroxylation sites is 2. The van der Waals surface area contributed by atoms with Gasteiger partial charge in [-0.2, -0.15) is 0 Å². The highest BCUT2D eigenvalue weighted by molar-refractivity contribution is 7.80. The monoisotopic (exact) mass is 583 g/mol. The molecule has 0 unspecified atom stereocenters. The highest BCUT2D eigenvalue weighted by atomic mass is 32.1. The number of nitrogens with zero attached hydrogens (tertiary/aromatic N) is 3. The number of carboxylic acids is 1. The van der Waals surface area contributed by atoms with Crippen molar-refractivity contribution in [3.63, 3.8) is 0 Å². The van der Waals surface area contributed by atoms with Gasteiger partial charge in [0, 0.05) is 36.2 Å². The third kappa shape index (κ3) is 5.58. The molecule has 1 aliphatic heterocycles. The van der Waals surface area contributed by atoms with Crippen molar-refractivity contribution in [1.29, 1.82) is 0 Å². The van der Waals surface area contributed by atoms with Crippen molar-refractivity contribution in [2.45, 2.75) is 39.3 Å². The molecule has 0 spiro atoms. The van der Waals surface area contributed by atoms with E-state index in [0.717, 1.165) is 33.9 Å². The first kappa shape index (κ1) is 28.8. The summed E-state index contributed by atoms with van der Waals surface area (Å²) >= 11 is 5.82. The number of anilines is 1. The average Bonchev–Trinajstić information content (AvgIpc) is 3.46. The molecule has 5 rings (SSSR count). The van der Waals surface area contributed by atoms with Crippen molar-refractivity contribution >= 4 is 34.9 Å². The van der Waals surface area contributed by atoms with E-state index in [0.29, 0.717) is 23.1 Å². The van der Waals surface area contributed by atoms with Crippen molar-refractivity contribution in [3.8, 4) is 11.4 Å². The first-order chi connectivity index (χ1) is 20.2. The Kier molecular flexibility index (Phi) is 8.26. The Morgan fingerprint density at radius 1 is 1.07 bits per heavy atom. The van der Waals surface area contributed by atoms with Crippen LogP contribution in [0, 0.1) is 20.8 Å². The lowest BCUT2D eigenvalue weighted by Gasteiger charge is -2.28. The summed E-state index contributed by atoms with van der Waals surface area (Å²) in [4.78, 5) is 31.5. The van der Waals surface area contributed by atoms with Crippen LogP contribution in [0.15, 0.2) is 72.9 Å². The molecule has 4 aromatic rings. The zero-order chi connectivity index (χ0) is 30.0. The first-order valence-corrected chi connectivity index (χ1v) is 14.0. The minimum atomic E-state index is -0.975. The van der Waals surface area contributed by atoms with Crippen LogP contribution in [-0.2, 0) is 4.79 Å². The van der Waals surface area contributed by atoms with Gasteiger partial charge in [-0.15, -0.1) is 0 Å². The van der Waals surface area contributed by atoms with Gasteiger partial charge in [-0.3, -0.25) is 9.78 Å². The summed E-state index contributed by atoms with van der Waals surface area (Å²) < 4.78 is 7.46. The molecule has 2 aromatic carbocycles. The predicted molar refractivity (Wildman–Crippen MR) is 165 cm³/mol. The van der Waals surface area contributed by atoms with Gasteiger partial charge in [0.2, 0.25) is 5.91 Å². The highest BCUT2D eigenvalue weighted by Gasteiger charge is 2.41. The number of rotatable bonds is 9. The van der Waals surface area contributed by atoms with Crippen LogP contribution in [0.25, 0.3) is 5.69 Å². The molecule has 0 saturated carbocycles. The third-order valence-corrected chi connectivity index (χ3v) is 8.00. The molecule has 1 aliphatic rings. The highest BCUT2D eigenvalue weighted by Crippen LogP contribution is 2.41. The summed E-state index contributed by atoms with van der Waals surface area (Å²) in [5.74, 6) is -0.544. The van der Waals surface area contributed by atoms with Crippen LogP contribution in [-0.4, -0.2) is 50.2 Å². The van der Waals surface area contributed by atoms with E-state index in [1.54, 1.807) is 37.6 Å². The number of ether oxygens (including phenoxy) is 1. The maximum absolute atomic E-state index is 13.1. The number of pyridine rings is 1. The number of thiocarbonyl (C=S) groups is 1. The van der Waals surface area contributed by atoms with Gasteiger partial charge >= 0.3 is 5.97 Å². The van der Waals surface area contributed by atoms with Crippen molar-refractivity contribution in [2.75, 3.05) is 19.0 Å². The largest absolute Gasteiger partial charge is 0.495 e. The summed E-state index contributed by atoms with van der Waals surface area (Å²) in [7, 11) is 1.57. The number of aromatic carboxylic acids is 1. The van der Waals surface area contributed by atoms with Crippen LogP contribution in [0.5, 0.6) is 5.75 Å². The Labute approximate surface area is 250 Å². The van der Waals surface area contributed by atoms with Crippen molar-refractivity contribution in [1.82, 2.24) is 19.8 Å². The summed E-state index contributed by atoms with van der Waals surface area (Å²) in [5.41, 5.74) is 6.36. The molecule has 0 radical (unpaired) electrons. The average molecular weight is 584 g/mol. The SMILES string of the molecule is COc1ccccc1NC(=O)CCN1C(=S)N[C@H](c2ccccn2)[C@H]1c1cc(C)n(-c2cc(C(=O)O)ccc2C)c1C. The van der Waals surface area contributed by atoms with E-state index in [2.05, 4.69) is 26.3 Å². The van der Waals surface area contributed by atoms with Gasteiger partial charge in [0.05, 0.1) is 36.1 Å².